The van der Waals surface area contributed by atoms with E-state index in [9.17, 15) is 4.79 Å². The first-order valence-electron chi connectivity index (χ1n) is 13.7. The standard InChI is InChI=1S/C28H45N5O/c1-3-5-16-28(17-22-10-7-6-8-11-22)21-33(26(29)31-28)19-24-14-12-23(13-15-24)18-32-20-25(9-4-2)30-27(32)34/h12-15,22,25H,3-11,16-21H2,1-2H3,(H2,29,31)(H,30,34)/t25-,28?/m0/s1. The van der Waals surface area contributed by atoms with E-state index in [0.717, 1.165) is 44.8 Å². The molecule has 3 aliphatic rings. The topological polar surface area (TPSA) is 71.5 Å². The van der Waals surface area contributed by atoms with Crippen LogP contribution in [0.15, 0.2) is 24.3 Å². The summed E-state index contributed by atoms with van der Waals surface area (Å²) < 4.78 is 0. The van der Waals surface area contributed by atoms with Crippen LogP contribution < -0.4 is 10.6 Å². The number of hydrogen-bond donors (Lipinski definition) is 3. The third-order valence-electron chi connectivity index (χ3n) is 8.07. The summed E-state index contributed by atoms with van der Waals surface area (Å²) in [5.74, 6) is 1.40. The van der Waals surface area contributed by atoms with E-state index in [4.69, 9.17) is 5.41 Å². The van der Waals surface area contributed by atoms with Crippen molar-refractivity contribution in [3.63, 3.8) is 0 Å². The number of benzene rings is 1. The van der Waals surface area contributed by atoms with Gasteiger partial charge in [-0.3, -0.25) is 5.41 Å². The van der Waals surface area contributed by atoms with Gasteiger partial charge in [0.15, 0.2) is 5.96 Å². The Morgan fingerprint density at radius 2 is 1.68 bits per heavy atom. The van der Waals surface area contributed by atoms with Crippen LogP contribution in [0.2, 0.25) is 0 Å². The summed E-state index contributed by atoms with van der Waals surface area (Å²) >= 11 is 0. The van der Waals surface area contributed by atoms with Gasteiger partial charge >= 0.3 is 6.03 Å². The highest BCUT2D eigenvalue weighted by molar-refractivity contribution is 5.80. The van der Waals surface area contributed by atoms with Crippen molar-refractivity contribution in [2.24, 2.45) is 5.92 Å². The smallest absolute Gasteiger partial charge is 0.318 e. The van der Waals surface area contributed by atoms with E-state index in [1.807, 2.05) is 4.90 Å². The van der Waals surface area contributed by atoms with E-state index in [2.05, 4.69) is 53.6 Å². The Hall–Kier alpha value is -2.24. The van der Waals surface area contributed by atoms with Gasteiger partial charge in [-0.2, -0.15) is 0 Å². The van der Waals surface area contributed by atoms with Crippen LogP contribution in [0, 0.1) is 11.3 Å². The maximum atomic E-state index is 12.3. The minimum atomic E-state index is 0.0560. The van der Waals surface area contributed by atoms with Crippen molar-refractivity contribution in [2.75, 3.05) is 13.1 Å². The number of rotatable bonds is 11. The molecule has 2 saturated heterocycles. The molecule has 34 heavy (non-hydrogen) atoms. The van der Waals surface area contributed by atoms with Crippen LogP contribution in [0.25, 0.3) is 0 Å². The van der Waals surface area contributed by atoms with E-state index in [1.54, 1.807) is 0 Å². The van der Waals surface area contributed by atoms with E-state index in [0.29, 0.717) is 12.5 Å². The molecule has 1 aromatic rings. The lowest BCUT2D eigenvalue weighted by Gasteiger charge is -2.34. The van der Waals surface area contributed by atoms with Crippen LogP contribution in [0.3, 0.4) is 0 Å². The van der Waals surface area contributed by atoms with Gasteiger partial charge in [0, 0.05) is 32.2 Å². The van der Waals surface area contributed by atoms with Gasteiger partial charge < -0.3 is 20.4 Å². The predicted octanol–water partition coefficient (Wildman–Crippen LogP) is 5.62. The van der Waals surface area contributed by atoms with Gasteiger partial charge in [-0.05, 0) is 36.3 Å². The molecule has 1 aliphatic carbocycles. The van der Waals surface area contributed by atoms with Crippen LogP contribution in [-0.2, 0) is 13.1 Å². The van der Waals surface area contributed by atoms with Crippen LogP contribution >= 0.6 is 0 Å². The van der Waals surface area contributed by atoms with Crippen molar-refractivity contribution in [3.05, 3.63) is 35.4 Å². The average molecular weight is 468 g/mol. The maximum Gasteiger partial charge on any atom is 0.318 e. The summed E-state index contributed by atoms with van der Waals surface area (Å²) in [5.41, 5.74) is 2.46. The Labute approximate surface area is 206 Å². The molecule has 1 saturated carbocycles. The van der Waals surface area contributed by atoms with Gasteiger partial charge in [0.1, 0.15) is 0 Å². The summed E-state index contributed by atoms with van der Waals surface area (Å²) in [5, 5.41) is 15.4. The van der Waals surface area contributed by atoms with E-state index in [-0.39, 0.29) is 17.6 Å². The molecular formula is C28H45N5O. The second kappa shape index (κ2) is 11.5. The van der Waals surface area contributed by atoms with Gasteiger partial charge in [-0.1, -0.05) is 89.5 Å². The van der Waals surface area contributed by atoms with Crippen LogP contribution in [-0.4, -0.2) is 46.5 Å². The number of carbonyl (C=O) groups is 1. The van der Waals surface area contributed by atoms with Crippen molar-refractivity contribution < 1.29 is 4.79 Å². The van der Waals surface area contributed by atoms with Gasteiger partial charge in [0.2, 0.25) is 0 Å². The molecule has 0 aromatic heterocycles. The van der Waals surface area contributed by atoms with Gasteiger partial charge in [0.05, 0.1) is 5.54 Å². The number of unbranched alkanes of at least 4 members (excludes halogenated alkanes) is 1. The first kappa shape index (κ1) is 24.9. The molecule has 1 aromatic carbocycles. The van der Waals surface area contributed by atoms with Crippen LogP contribution in [0.5, 0.6) is 0 Å². The zero-order valence-corrected chi connectivity index (χ0v) is 21.4. The lowest BCUT2D eigenvalue weighted by Crippen LogP contribution is -2.45. The average Bonchev–Trinajstić information content (AvgIpc) is 3.33. The van der Waals surface area contributed by atoms with Crippen molar-refractivity contribution >= 4 is 12.0 Å². The molecule has 2 atom stereocenters. The Balaban J connectivity index is 1.34. The molecule has 1 unspecified atom stereocenters. The highest BCUT2D eigenvalue weighted by Gasteiger charge is 2.41. The highest BCUT2D eigenvalue weighted by atomic mass is 16.2. The second-order valence-corrected chi connectivity index (χ2v) is 11.1. The Morgan fingerprint density at radius 3 is 2.32 bits per heavy atom. The minimum Gasteiger partial charge on any atom is -0.349 e. The first-order chi connectivity index (χ1) is 16.5. The fraction of sp³-hybridized carbons (Fsp3) is 0.714. The minimum absolute atomic E-state index is 0.0560. The zero-order chi connectivity index (χ0) is 24.0. The first-order valence-corrected chi connectivity index (χ1v) is 13.7. The Kier molecular flexibility index (Phi) is 8.38. The number of guanidine groups is 1. The third kappa shape index (κ3) is 6.25. The molecule has 3 N–H and O–H groups in total. The molecule has 2 heterocycles. The summed E-state index contributed by atoms with van der Waals surface area (Å²) in [6.45, 7) is 7.60. The number of hydrogen-bond acceptors (Lipinski definition) is 2. The molecule has 0 bridgehead atoms. The van der Waals surface area contributed by atoms with Crippen molar-refractivity contribution in [3.8, 4) is 0 Å². The van der Waals surface area contributed by atoms with E-state index >= 15 is 0 Å². The number of nitrogens with zero attached hydrogens (tertiary/aromatic N) is 2. The van der Waals surface area contributed by atoms with Crippen LogP contribution in [0.1, 0.15) is 95.6 Å². The molecule has 6 nitrogen and oxygen atoms in total. The normalized spacial score (nSPS) is 25.6. The molecular weight excluding hydrogens is 422 g/mol. The number of nitrogens with one attached hydrogen (secondary N) is 3. The Morgan fingerprint density at radius 1 is 1.00 bits per heavy atom. The SMILES string of the molecule is CCCCC1(CC2CCCCC2)CN(Cc2ccc(CN3C[C@H](CCC)NC3=O)cc2)C(=N)N1. The molecule has 2 aliphatic heterocycles. The van der Waals surface area contributed by atoms with E-state index in [1.165, 1.54) is 62.5 Å². The van der Waals surface area contributed by atoms with Gasteiger partial charge in [0.25, 0.3) is 0 Å². The lowest BCUT2D eigenvalue weighted by atomic mass is 9.77. The fourth-order valence-corrected chi connectivity index (χ4v) is 6.27. The fourth-order valence-electron chi connectivity index (χ4n) is 6.27. The van der Waals surface area contributed by atoms with Crippen molar-refractivity contribution in [1.82, 2.24) is 20.4 Å². The lowest BCUT2D eigenvalue weighted by molar-refractivity contribution is 0.215. The predicted molar refractivity (Wildman–Crippen MR) is 139 cm³/mol. The van der Waals surface area contributed by atoms with Gasteiger partial charge in [-0.25, -0.2) is 4.79 Å². The maximum absolute atomic E-state index is 12.3. The van der Waals surface area contributed by atoms with Gasteiger partial charge in [-0.15, -0.1) is 0 Å². The third-order valence-corrected chi connectivity index (χ3v) is 8.07. The van der Waals surface area contributed by atoms with Crippen molar-refractivity contribution in [2.45, 2.75) is 109 Å². The molecule has 188 valence electrons. The molecule has 0 radical (unpaired) electrons. The molecule has 3 fully saturated rings. The highest BCUT2D eigenvalue weighted by Crippen LogP contribution is 2.36. The molecule has 4 rings (SSSR count). The number of urea groups is 1. The summed E-state index contributed by atoms with van der Waals surface area (Å²) in [7, 11) is 0. The van der Waals surface area contributed by atoms with Crippen molar-refractivity contribution in [1.29, 1.82) is 5.41 Å². The molecule has 2 amide bonds. The largest absolute Gasteiger partial charge is 0.349 e. The monoisotopic (exact) mass is 467 g/mol. The summed E-state index contributed by atoms with van der Waals surface area (Å²) in [6, 6.07) is 8.98. The summed E-state index contributed by atoms with van der Waals surface area (Å²) in [4.78, 5) is 16.4. The summed E-state index contributed by atoms with van der Waals surface area (Å²) in [6.07, 6.45) is 13.8. The van der Waals surface area contributed by atoms with E-state index < -0.39 is 0 Å². The molecule has 0 spiro atoms. The van der Waals surface area contributed by atoms with Crippen LogP contribution in [0.4, 0.5) is 4.79 Å². The quantitative estimate of drug-likeness (QED) is 0.395. The number of amides is 2. The number of carbonyl (C=O) groups excluding carboxylic acids is 1. The zero-order valence-electron chi connectivity index (χ0n) is 21.4. The molecule has 6 heteroatoms. The Bertz CT molecular complexity index is 819. The second-order valence-electron chi connectivity index (χ2n) is 11.1.